The highest BCUT2D eigenvalue weighted by Crippen LogP contribution is 2.51. The highest BCUT2D eigenvalue weighted by atomic mass is 16.6. The minimum atomic E-state index is -2.86. The van der Waals surface area contributed by atoms with Crippen molar-refractivity contribution in [2.45, 2.75) is 18.4 Å². The van der Waals surface area contributed by atoms with E-state index in [9.17, 15) is 34.8 Å². The van der Waals surface area contributed by atoms with E-state index in [-0.39, 0.29) is 41.1 Å². The number of phenols is 1. The molecule has 1 aromatic carbocycles. The van der Waals surface area contributed by atoms with Gasteiger partial charge in [-0.1, -0.05) is 5.16 Å². The average Bonchev–Trinajstić information content (AvgIpc) is 2.70. The number of hydrogen-bond acceptors (Lipinski definition) is 10. The van der Waals surface area contributed by atoms with Gasteiger partial charge in [0.05, 0.1) is 11.5 Å². The van der Waals surface area contributed by atoms with Gasteiger partial charge in [0.2, 0.25) is 11.6 Å². The van der Waals surface area contributed by atoms with Crippen molar-refractivity contribution in [1.29, 1.82) is 0 Å². The van der Waals surface area contributed by atoms with Crippen molar-refractivity contribution in [2.75, 3.05) is 12.8 Å². The number of ketones is 2. The second-order valence-electron chi connectivity index (χ2n) is 7.65. The quantitative estimate of drug-likeness (QED) is 0.119. The number of amides is 1. The van der Waals surface area contributed by atoms with Gasteiger partial charge in [0.25, 0.3) is 5.91 Å². The van der Waals surface area contributed by atoms with E-state index in [1.165, 1.54) is 12.1 Å². The van der Waals surface area contributed by atoms with Crippen LogP contribution in [0.2, 0.25) is 0 Å². The summed E-state index contributed by atoms with van der Waals surface area (Å²) in [4.78, 5) is 42.9. The number of allylic oxidation sites excluding steroid dienone is 1. The van der Waals surface area contributed by atoms with Crippen LogP contribution in [0.15, 0.2) is 34.2 Å². The van der Waals surface area contributed by atoms with Crippen molar-refractivity contribution in [3.8, 4) is 5.75 Å². The number of aliphatic hydroxyl groups excluding tert-OH is 2. The van der Waals surface area contributed by atoms with Crippen molar-refractivity contribution in [3.63, 3.8) is 0 Å². The molecule has 3 aliphatic carbocycles. The summed E-state index contributed by atoms with van der Waals surface area (Å²) in [7, 11) is 1.14. The van der Waals surface area contributed by atoms with Gasteiger partial charge in [-0.2, -0.15) is 0 Å². The second kappa shape index (κ2) is 6.57. The fourth-order valence-electron chi connectivity index (χ4n) is 4.72. The average molecular weight is 429 g/mol. The SMILES string of the molecule is CO/N=C1\C(O)=C(C(N)=O)C(=O)[C@@]2(O)C(=O)C3=C(O)c4c(O)ccc(N)c4CC3CC12. The molecule has 0 aromatic heterocycles. The molecule has 11 heteroatoms. The van der Waals surface area contributed by atoms with Gasteiger partial charge < -0.3 is 36.7 Å². The molecule has 2 unspecified atom stereocenters. The number of nitrogens with two attached hydrogens (primary N) is 2. The molecular formula is C20H19N3O8. The first-order valence-corrected chi connectivity index (χ1v) is 9.25. The number of primary amides is 1. The topological polar surface area (TPSA) is 206 Å². The molecule has 1 aromatic rings. The van der Waals surface area contributed by atoms with E-state index < -0.39 is 52.0 Å². The Morgan fingerprint density at radius 3 is 2.48 bits per heavy atom. The maximum atomic E-state index is 13.4. The summed E-state index contributed by atoms with van der Waals surface area (Å²) in [6.07, 6.45) is -0.0188. The number of aromatic hydroxyl groups is 1. The number of carbonyl (C=O) groups excluding carboxylic acids is 3. The van der Waals surface area contributed by atoms with Crippen molar-refractivity contribution >= 4 is 34.6 Å². The van der Waals surface area contributed by atoms with Crippen LogP contribution in [0.3, 0.4) is 0 Å². The lowest BCUT2D eigenvalue weighted by atomic mass is 9.58. The number of anilines is 1. The Labute approximate surface area is 174 Å². The minimum Gasteiger partial charge on any atom is -0.507 e. The van der Waals surface area contributed by atoms with Gasteiger partial charge in [-0.05, 0) is 36.5 Å². The summed E-state index contributed by atoms with van der Waals surface area (Å²) < 4.78 is 0. The zero-order valence-electron chi connectivity index (χ0n) is 16.2. The molecule has 1 saturated carbocycles. The molecule has 0 bridgehead atoms. The van der Waals surface area contributed by atoms with E-state index in [1.54, 1.807) is 0 Å². The summed E-state index contributed by atoms with van der Waals surface area (Å²) in [5, 5.41) is 46.4. The summed E-state index contributed by atoms with van der Waals surface area (Å²) in [5.74, 6) is -7.89. The molecule has 0 spiro atoms. The number of rotatable bonds is 2. The molecule has 3 atom stereocenters. The van der Waals surface area contributed by atoms with E-state index in [1.807, 2.05) is 0 Å². The van der Waals surface area contributed by atoms with Gasteiger partial charge in [-0.3, -0.25) is 14.4 Å². The van der Waals surface area contributed by atoms with Crippen molar-refractivity contribution in [1.82, 2.24) is 0 Å². The second-order valence-corrected chi connectivity index (χ2v) is 7.65. The smallest absolute Gasteiger partial charge is 0.256 e. The summed E-state index contributed by atoms with van der Waals surface area (Å²) in [6.45, 7) is 0. The summed E-state index contributed by atoms with van der Waals surface area (Å²) in [6, 6.07) is 2.69. The molecule has 0 radical (unpaired) electrons. The molecule has 1 amide bonds. The van der Waals surface area contributed by atoms with Crippen molar-refractivity contribution in [3.05, 3.63) is 40.2 Å². The molecular weight excluding hydrogens is 410 g/mol. The van der Waals surface area contributed by atoms with Gasteiger partial charge >= 0.3 is 0 Å². The van der Waals surface area contributed by atoms with E-state index in [0.29, 0.717) is 5.56 Å². The zero-order valence-corrected chi connectivity index (χ0v) is 16.2. The monoisotopic (exact) mass is 429 g/mol. The van der Waals surface area contributed by atoms with E-state index in [0.717, 1.165) is 7.11 Å². The third-order valence-electron chi connectivity index (χ3n) is 6.11. The summed E-state index contributed by atoms with van der Waals surface area (Å²) in [5.41, 5.74) is 7.24. The number of fused-ring (bicyclic) bond motifs is 3. The van der Waals surface area contributed by atoms with Crippen LogP contribution in [-0.2, 0) is 25.6 Å². The molecule has 4 rings (SSSR count). The number of nitrogens with zero attached hydrogens (tertiary/aromatic N) is 1. The number of Topliss-reactive ketones (excluding diaryl/α,β-unsaturated/α-hetero) is 2. The third kappa shape index (κ3) is 2.49. The maximum absolute atomic E-state index is 13.4. The van der Waals surface area contributed by atoms with Gasteiger partial charge in [-0.25, -0.2) is 0 Å². The Bertz CT molecular complexity index is 1170. The number of nitrogen functional groups attached to an aromatic ring is 1. The normalized spacial score (nSPS) is 28.9. The number of aliphatic hydroxyl groups is 3. The Hall–Kier alpha value is -3.86. The number of carbonyl (C=O) groups is 3. The standard InChI is InChI=1S/C20H19N3O8/c1-31-23-14-8-5-6-4-7-9(21)2-3-10(24)12(7)15(25)11(6)17(27)20(8,30)18(28)13(16(14)26)19(22)29/h2-3,6,8,24-26,30H,4-5,21H2,1H3,(H2,22,29)/b23-14-/t6?,8?,20-/m0/s1. The Morgan fingerprint density at radius 2 is 1.87 bits per heavy atom. The lowest BCUT2D eigenvalue weighted by Crippen LogP contribution is -2.64. The van der Waals surface area contributed by atoms with Crippen LogP contribution < -0.4 is 11.5 Å². The fraction of sp³-hybridized carbons (Fsp3) is 0.300. The van der Waals surface area contributed by atoms with Crippen LogP contribution >= 0.6 is 0 Å². The molecule has 1 fully saturated rings. The largest absolute Gasteiger partial charge is 0.507 e. The van der Waals surface area contributed by atoms with Crippen LogP contribution in [-0.4, -0.2) is 56.3 Å². The predicted molar refractivity (Wildman–Crippen MR) is 106 cm³/mol. The van der Waals surface area contributed by atoms with Gasteiger partial charge in [-0.15, -0.1) is 0 Å². The molecule has 11 nitrogen and oxygen atoms in total. The maximum Gasteiger partial charge on any atom is 0.256 e. The first kappa shape index (κ1) is 20.4. The van der Waals surface area contributed by atoms with Crippen LogP contribution in [0.5, 0.6) is 5.75 Å². The van der Waals surface area contributed by atoms with Crippen molar-refractivity contribution in [2.24, 2.45) is 22.7 Å². The van der Waals surface area contributed by atoms with Crippen LogP contribution in [0.25, 0.3) is 5.76 Å². The van der Waals surface area contributed by atoms with Crippen LogP contribution in [0.1, 0.15) is 17.5 Å². The molecule has 0 heterocycles. The summed E-state index contributed by atoms with van der Waals surface area (Å²) >= 11 is 0. The number of phenolic OH excluding ortho intramolecular Hbond substituents is 1. The molecule has 0 saturated heterocycles. The van der Waals surface area contributed by atoms with Gasteiger partial charge in [0.1, 0.15) is 29.9 Å². The van der Waals surface area contributed by atoms with E-state index >= 15 is 0 Å². The molecule has 3 aliphatic rings. The van der Waals surface area contributed by atoms with Gasteiger partial charge in [0, 0.05) is 11.3 Å². The first-order chi connectivity index (χ1) is 14.5. The molecule has 31 heavy (non-hydrogen) atoms. The lowest BCUT2D eigenvalue weighted by Gasteiger charge is -2.45. The highest BCUT2D eigenvalue weighted by Gasteiger charge is 2.64. The number of hydrogen-bond donors (Lipinski definition) is 6. The molecule has 8 N–H and O–H groups in total. The Kier molecular flexibility index (Phi) is 4.33. The Morgan fingerprint density at radius 1 is 1.19 bits per heavy atom. The number of benzene rings is 1. The predicted octanol–water partition coefficient (Wildman–Crippen LogP) is -0.382. The van der Waals surface area contributed by atoms with Crippen LogP contribution in [0.4, 0.5) is 5.69 Å². The van der Waals surface area contributed by atoms with E-state index in [2.05, 4.69) is 9.99 Å². The Balaban J connectivity index is 1.98. The first-order valence-electron chi connectivity index (χ1n) is 9.25. The third-order valence-corrected chi connectivity index (χ3v) is 6.11. The van der Waals surface area contributed by atoms with Gasteiger partial charge in [0.15, 0.2) is 11.4 Å². The number of oxime groups is 1. The molecule has 0 aliphatic heterocycles. The lowest BCUT2D eigenvalue weighted by molar-refractivity contribution is -0.153. The van der Waals surface area contributed by atoms with Crippen LogP contribution in [0, 0.1) is 11.8 Å². The van der Waals surface area contributed by atoms with E-state index in [4.69, 9.17) is 11.5 Å². The molecule has 162 valence electrons. The zero-order chi connectivity index (χ0) is 22.8. The van der Waals surface area contributed by atoms with Crippen molar-refractivity contribution < 1.29 is 39.6 Å². The highest BCUT2D eigenvalue weighted by molar-refractivity contribution is 6.38. The fourth-order valence-corrected chi connectivity index (χ4v) is 4.72. The minimum absolute atomic E-state index is 0.0656.